The van der Waals surface area contributed by atoms with Gasteiger partial charge in [-0.1, -0.05) is 12.8 Å². The van der Waals surface area contributed by atoms with Crippen LogP contribution in [0, 0.1) is 0 Å². The fraction of sp³-hybridized carbons (Fsp3) is 0.632. The number of anilines is 1. The highest BCUT2D eigenvalue weighted by Gasteiger charge is 2.23. The monoisotopic (exact) mass is 373 g/mol. The van der Waals surface area contributed by atoms with E-state index in [-0.39, 0.29) is 5.56 Å². The number of aromatic nitrogens is 3. The molecule has 0 radical (unpaired) electrons. The first-order valence-corrected chi connectivity index (χ1v) is 10.5. The number of nitrogens with one attached hydrogen (secondary N) is 1. The maximum atomic E-state index is 12.3. The molecule has 0 aromatic carbocycles. The summed E-state index contributed by atoms with van der Waals surface area (Å²) in [4.78, 5) is 24.7. The van der Waals surface area contributed by atoms with Crippen LogP contribution in [0.5, 0.6) is 0 Å². The Kier molecular flexibility index (Phi) is 5.36. The Hall–Kier alpha value is -1.73. The average molecular weight is 374 g/mol. The molecular weight excluding hydrogens is 346 g/mol. The van der Waals surface area contributed by atoms with Crippen molar-refractivity contribution >= 4 is 17.2 Å². The Morgan fingerprint density at radius 1 is 1.23 bits per heavy atom. The first kappa shape index (κ1) is 17.7. The van der Waals surface area contributed by atoms with E-state index in [4.69, 9.17) is 0 Å². The number of aryl methyl sites for hydroxylation is 1. The zero-order chi connectivity index (χ0) is 17.9. The standard InChI is InChI=1S/C19H27N5OS/c1-23-10-8-20-17(19(23)25)24-9-4-7-15(13-24)21-11-16-12-22-18(26-16)14-5-2-3-6-14/h8,10,12,14-15,21H,2-7,9,11,13H2,1H3/t15-/m0/s1. The molecule has 1 aliphatic heterocycles. The van der Waals surface area contributed by atoms with E-state index < -0.39 is 0 Å². The molecule has 1 aliphatic carbocycles. The quantitative estimate of drug-likeness (QED) is 0.873. The van der Waals surface area contributed by atoms with Crippen LogP contribution in [0.3, 0.4) is 0 Å². The number of nitrogens with zero attached hydrogens (tertiary/aromatic N) is 4. The van der Waals surface area contributed by atoms with Crippen molar-refractivity contribution in [2.45, 2.75) is 57.0 Å². The number of thiazole rings is 1. The molecule has 0 amide bonds. The van der Waals surface area contributed by atoms with E-state index in [1.807, 2.05) is 17.5 Å². The van der Waals surface area contributed by atoms with Crippen LogP contribution in [0.4, 0.5) is 5.82 Å². The molecule has 2 aromatic rings. The Morgan fingerprint density at radius 2 is 2.08 bits per heavy atom. The first-order valence-electron chi connectivity index (χ1n) is 9.65. The molecule has 1 saturated carbocycles. The Labute approximate surface area is 158 Å². The van der Waals surface area contributed by atoms with Crippen LogP contribution in [-0.2, 0) is 13.6 Å². The summed E-state index contributed by atoms with van der Waals surface area (Å²) in [5.41, 5.74) is -0.0168. The van der Waals surface area contributed by atoms with Crippen LogP contribution in [0.25, 0.3) is 0 Å². The van der Waals surface area contributed by atoms with Gasteiger partial charge in [0.15, 0.2) is 5.82 Å². The third-order valence-corrected chi connectivity index (χ3v) is 6.72. The third-order valence-electron chi connectivity index (χ3n) is 5.56. The molecule has 2 aliphatic rings. The molecule has 6 nitrogen and oxygen atoms in total. The molecule has 2 aromatic heterocycles. The normalized spacial score (nSPS) is 21.4. The number of piperidine rings is 1. The van der Waals surface area contributed by atoms with Crippen molar-refractivity contribution in [2.75, 3.05) is 18.0 Å². The first-order chi connectivity index (χ1) is 12.7. The minimum atomic E-state index is -0.0168. The SMILES string of the molecule is Cn1ccnc(N2CCC[C@H](NCc3cnc(C4CCCC4)s3)C2)c1=O. The van der Waals surface area contributed by atoms with Crippen LogP contribution >= 0.6 is 11.3 Å². The van der Waals surface area contributed by atoms with E-state index in [2.05, 4.69) is 20.2 Å². The van der Waals surface area contributed by atoms with E-state index in [0.717, 1.165) is 32.5 Å². The zero-order valence-corrected chi connectivity index (χ0v) is 16.2. The third kappa shape index (κ3) is 3.83. The van der Waals surface area contributed by atoms with Crippen molar-refractivity contribution in [3.63, 3.8) is 0 Å². The van der Waals surface area contributed by atoms with Gasteiger partial charge < -0.3 is 14.8 Å². The minimum absolute atomic E-state index is 0.0168. The van der Waals surface area contributed by atoms with Gasteiger partial charge in [-0.05, 0) is 25.7 Å². The molecule has 4 rings (SSSR count). The Morgan fingerprint density at radius 3 is 2.92 bits per heavy atom. The summed E-state index contributed by atoms with van der Waals surface area (Å²) in [5.74, 6) is 1.27. The topological polar surface area (TPSA) is 63.1 Å². The maximum absolute atomic E-state index is 12.3. The van der Waals surface area contributed by atoms with E-state index in [0.29, 0.717) is 17.8 Å². The summed E-state index contributed by atoms with van der Waals surface area (Å²) >= 11 is 1.87. The molecule has 0 bridgehead atoms. The van der Waals surface area contributed by atoms with Crippen molar-refractivity contribution < 1.29 is 0 Å². The van der Waals surface area contributed by atoms with Gasteiger partial charge in [0, 0.05) is 62.1 Å². The van der Waals surface area contributed by atoms with Gasteiger partial charge in [0.25, 0.3) is 5.56 Å². The fourth-order valence-electron chi connectivity index (χ4n) is 4.05. The van der Waals surface area contributed by atoms with Crippen molar-refractivity contribution in [1.29, 1.82) is 0 Å². The molecule has 7 heteroatoms. The predicted molar refractivity (Wildman–Crippen MR) is 105 cm³/mol. The van der Waals surface area contributed by atoms with Crippen molar-refractivity contribution in [3.05, 3.63) is 38.8 Å². The number of hydrogen-bond donors (Lipinski definition) is 1. The predicted octanol–water partition coefficient (Wildman–Crippen LogP) is 2.65. The van der Waals surface area contributed by atoms with Crippen LogP contribution in [0.15, 0.2) is 23.4 Å². The lowest BCUT2D eigenvalue weighted by Crippen LogP contribution is -2.47. The molecule has 1 atom stereocenters. The zero-order valence-electron chi connectivity index (χ0n) is 15.4. The molecule has 26 heavy (non-hydrogen) atoms. The second-order valence-corrected chi connectivity index (χ2v) is 8.63. The summed E-state index contributed by atoms with van der Waals surface area (Å²) in [5, 5.41) is 4.99. The second kappa shape index (κ2) is 7.88. The summed E-state index contributed by atoms with van der Waals surface area (Å²) in [6.07, 6.45) is 13.0. The average Bonchev–Trinajstić information content (AvgIpc) is 3.34. The van der Waals surface area contributed by atoms with Gasteiger partial charge in [-0.15, -0.1) is 11.3 Å². The Bertz CT molecular complexity index is 795. The maximum Gasteiger partial charge on any atom is 0.293 e. The molecule has 1 saturated heterocycles. The summed E-state index contributed by atoms with van der Waals surface area (Å²) in [7, 11) is 1.78. The molecule has 1 N–H and O–H groups in total. The lowest BCUT2D eigenvalue weighted by molar-refractivity contribution is 0.420. The lowest BCUT2D eigenvalue weighted by Gasteiger charge is -2.33. The fourth-order valence-corrected chi connectivity index (χ4v) is 5.09. The highest BCUT2D eigenvalue weighted by atomic mass is 32.1. The van der Waals surface area contributed by atoms with Gasteiger partial charge in [0.05, 0.1) is 5.01 Å². The van der Waals surface area contributed by atoms with Crippen molar-refractivity contribution in [2.24, 2.45) is 7.05 Å². The lowest BCUT2D eigenvalue weighted by atomic mass is 10.1. The van der Waals surface area contributed by atoms with Crippen LogP contribution in [-0.4, -0.2) is 33.7 Å². The number of hydrogen-bond acceptors (Lipinski definition) is 6. The summed E-state index contributed by atoms with van der Waals surface area (Å²) < 4.78 is 1.60. The molecule has 3 heterocycles. The van der Waals surface area contributed by atoms with Crippen LogP contribution < -0.4 is 15.8 Å². The molecular formula is C19H27N5OS. The van der Waals surface area contributed by atoms with E-state index >= 15 is 0 Å². The Balaban J connectivity index is 1.35. The highest BCUT2D eigenvalue weighted by Crippen LogP contribution is 2.36. The summed E-state index contributed by atoms with van der Waals surface area (Å²) in [6.45, 7) is 2.60. The van der Waals surface area contributed by atoms with Crippen LogP contribution in [0.1, 0.15) is 54.3 Å². The molecule has 2 fully saturated rings. The van der Waals surface area contributed by atoms with Crippen molar-refractivity contribution in [1.82, 2.24) is 19.9 Å². The highest BCUT2D eigenvalue weighted by molar-refractivity contribution is 7.11. The molecule has 0 unspecified atom stereocenters. The van der Waals surface area contributed by atoms with Crippen molar-refractivity contribution in [3.8, 4) is 0 Å². The van der Waals surface area contributed by atoms with Gasteiger partial charge in [-0.25, -0.2) is 9.97 Å². The van der Waals surface area contributed by atoms with E-state index in [9.17, 15) is 4.79 Å². The smallest absolute Gasteiger partial charge is 0.293 e. The molecule has 140 valence electrons. The number of rotatable bonds is 5. The largest absolute Gasteiger partial charge is 0.350 e. The van der Waals surface area contributed by atoms with Gasteiger partial charge in [-0.3, -0.25) is 4.79 Å². The summed E-state index contributed by atoms with van der Waals surface area (Å²) in [6, 6.07) is 0.382. The van der Waals surface area contributed by atoms with Gasteiger partial charge in [0.1, 0.15) is 0 Å². The van der Waals surface area contributed by atoms with Gasteiger partial charge in [0.2, 0.25) is 0 Å². The molecule has 0 spiro atoms. The van der Waals surface area contributed by atoms with Gasteiger partial charge in [-0.2, -0.15) is 0 Å². The van der Waals surface area contributed by atoms with Gasteiger partial charge >= 0.3 is 0 Å². The van der Waals surface area contributed by atoms with E-state index in [1.54, 1.807) is 24.0 Å². The van der Waals surface area contributed by atoms with Crippen LogP contribution in [0.2, 0.25) is 0 Å². The minimum Gasteiger partial charge on any atom is -0.350 e. The van der Waals surface area contributed by atoms with E-state index in [1.165, 1.54) is 35.6 Å². The second-order valence-electron chi connectivity index (χ2n) is 7.48.